The molecule has 0 saturated heterocycles. The number of aromatic nitrogens is 1. The number of carboxylic acids is 1. The third-order valence-electron chi connectivity index (χ3n) is 2.45. The summed E-state index contributed by atoms with van der Waals surface area (Å²) in [7, 11) is 0. The summed E-state index contributed by atoms with van der Waals surface area (Å²) in [5.41, 5.74) is 2.11. The van der Waals surface area contributed by atoms with Crippen LogP contribution in [-0.4, -0.2) is 16.1 Å². The van der Waals surface area contributed by atoms with Gasteiger partial charge in [0.15, 0.2) is 0 Å². The predicted molar refractivity (Wildman–Crippen MR) is 69.3 cm³/mol. The van der Waals surface area contributed by atoms with Crippen LogP contribution in [0.4, 0.5) is 0 Å². The number of hydrogen-bond donors (Lipinski definition) is 1. The minimum Gasteiger partial charge on any atom is -0.486 e. The molecule has 0 atom stereocenters. The molecular formula is C13H13NO3S. The molecule has 1 aromatic heterocycles. The number of benzene rings is 1. The fraction of sp³-hybridized carbons (Fsp3) is 0.231. The minimum absolute atomic E-state index is 0.228. The van der Waals surface area contributed by atoms with Crippen molar-refractivity contribution in [2.45, 2.75) is 20.5 Å². The number of carbonyl (C=O) groups is 1. The van der Waals surface area contributed by atoms with Crippen LogP contribution in [0.25, 0.3) is 0 Å². The molecule has 2 rings (SSSR count). The summed E-state index contributed by atoms with van der Waals surface area (Å²) in [6.07, 6.45) is 0. The number of carboxylic acid groups (broad SMARTS) is 1. The highest BCUT2D eigenvalue weighted by molar-refractivity contribution is 7.09. The Morgan fingerprint density at radius 1 is 1.44 bits per heavy atom. The summed E-state index contributed by atoms with van der Waals surface area (Å²) in [5, 5.41) is 11.8. The highest BCUT2D eigenvalue weighted by Gasteiger charge is 2.08. The maximum absolute atomic E-state index is 10.9. The molecule has 0 fully saturated rings. The van der Waals surface area contributed by atoms with Gasteiger partial charge in [0.05, 0.1) is 5.56 Å². The fourth-order valence-electron chi connectivity index (χ4n) is 1.50. The molecule has 0 aliphatic rings. The monoisotopic (exact) mass is 263 g/mol. The lowest BCUT2D eigenvalue weighted by molar-refractivity contribution is 0.0696. The van der Waals surface area contributed by atoms with Gasteiger partial charge in [-0.15, -0.1) is 11.3 Å². The van der Waals surface area contributed by atoms with E-state index in [-0.39, 0.29) is 5.56 Å². The average Bonchev–Trinajstić information content (AvgIpc) is 2.74. The van der Waals surface area contributed by atoms with Crippen molar-refractivity contribution in [3.63, 3.8) is 0 Å². The average molecular weight is 263 g/mol. The van der Waals surface area contributed by atoms with E-state index in [0.717, 1.165) is 16.3 Å². The first-order valence-electron chi connectivity index (χ1n) is 5.44. The fourth-order valence-corrected chi connectivity index (χ4v) is 2.18. The van der Waals surface area contributed by atoms with E-state index < -0.39 is 5.97 Å². The Bertz CT molecular complexity index is 577. The first-order chi connectivity index (χ1) is 8.56. The van der Waals surface area contributed by atoms with Crippen LogP contribution in [0.15, 0.2) is 23.6 Å². The number of aryl methyl sites for hydroxylation is 2. The summed E-state index contributed by atoms with van der Waals surface area (Å²) in [6, 6.07) is 4.85. The van der Waals surface area contributed by atoms with E-state index in [1.165, 1.54) is 17.4 Å². The van der Waals surface area contributed by atoms with Gasteiger partial charge in [-0.25, -0.2) is 9.78 Å². The molecule has 0 aliphatic heterocycles. The van der Waals surface area contributed by atoms with E-state index >= 15 is 0 Å². The van der Waals surface area contributed by atoms with Gasteiger partial charge in [0.1, 0.15) is 17.4 Å². The second-order valence-corrected chi connectivity index (χ2v) is 4.90. The third kappa shape index (κ3) is 2.87. The summed E-state index contributed by atoms with van der Waals surface area (Å²) in [5.74, 6) is -0.368. The number of nitrogens with zero attached hydrogens (tertiary/aromatic N) is 1. The van der Waals surface area contributed by atoms with Crippen LogP contribution in [0, 0.1) is 13.8 Å². The maximum atomic E-state index is 10.9. The lowest BCUT2D eigenvalue weighted by Crippen LogP contribution is -2.00. The molecule has 4 nitrogen and oxygen atoms in total. The zero-order valence-corrected chi connectivity index (χ0v) is 11.0. The van der Waals surface area contributed by atoms with Gasteiger partial charge >= 0.3 is 5.97 Å². The largest absolute Gasteiger partial charge is 0.486 e. The molecule has 1 heterocycles. The first kappa shape index (κ1) is 12.6. The van der Waals surface area contributed by atoms with Crippen LogP contribution in [0.2, 0.25) is 0 Å². The van der Waals surface area contributed by atoms with Crippen molar-refractivity contribution in [3.8, 4) is 5.75 Å². The second-order valence-electron chi connectivity index (χ2n) is 3.96. The van der Waals surface area contributed by atoms with Crippen molar-refractivity contribution in [2.24, 2.45) is 0 Å². The Kier molecular flexibility index (Phi) is 3.62. The molecule has 18 heavy (non-hydrogen) atoms. The Morgan fingerprint density at radius 2 is 2.22 bits per heavy atom. The predicted octanol–water partition coefficient (Wildman–Crippen LogP) is 3.04. The van der Waals surface area contributed by atoms with Crippen molar-refractivity contribution in [3.05, 3.63) is 45.4 Å². The molecule has 0 aliphatic carbocycles. The van der Waals surface area contributed by atoms with E-state index in [2.05, 4.69) is 4.98 Å². The number of rotatable bonds is 4. The quantitative estimate of drug-likeness (QED) is 0.921. The van der Waals surface area contributed by atoms with Crippen molar-refractivity contribution in [2.75, 3.05) is 0 Å². The molecule has 0 unspecified atom stereocenters. The lowest BCUT2D eigenvalue weighted by Gasteiger charge is -2.08. The van der Waals surface area contributed by atoms with Gasteiger partial charge in [-0.05, 0) is 31.5 Å². The standard InChI is InChI=1S/C13H13NO3S/c1-8-3-4-10(13(15)16)5-11(8)17-6-12-14-9(2)7-18-12/h3-5,7H,6H2,1-2H3,(H,15,16). The Morgan fingerprint density at radius 3 is 2.83 bits per heavy atom. The maximum Gasteiger partial charge on any atom is 0.335 e. The normalized spacial score (nSPS) is 10.3. The second kappa shape index (κ2) is 5.18. The van der Waals surface area contributed by atoms with Gasteiger partial charge in [0, 0.05) is 11.1 Å². The Hall–Kier alpha value is -1.88. The minimum atomic E-state index is -0.954. The summed E-state index contributed by atoms with van der Waals surface area (Å²) >= 11 is 1.53. The molecule has 0 saturated carbocycles. The van der Waals surface area contributed by atoms with Gasteiger partial charge in [-0.3, -0.25) is 0 Å². The number of hydrogen-bond acceptors (Lipinski definition) is 4. The number of aromatic carboxylic acids is 1. The zero-order valence-electron chi connectivity index (χ0n) is 10.1. The molecule has 0 bridgehead atoms. The van der Waals surface area contributed by atoms with Gasteiger partial charge in [0.25, 0.3) is 0 Å². The summed E-state index contributed by atoms with van der Waals surface area (Å²) in [4.78, 5) is 15.2. The van der Waals surface area contributed by atoms with Gasteiger partial charge < -0.3 is 9.84 Å². The Labute approximate surface area is 109 Å². The summed E-state index contributed by atoms with van der Waals surface area (Å²) < 4.78 is 5.61. The number of ether oxygens (including phenoxy) is 1. The molecule has 1 aromatic carbocycles. The van der Waals surface area contributed by atoms with Gasteiger partial charge in [-0.1, -0.05) is 6.07 Å². The van der Waals surface area contributed by atoms with Crippen LogP contribution in [0.3, 0.4) is 0 Å². The molecular weight excluding hydrogens is 250 g/mol. The van der Waals surface area contributed by atoms with E-state index in [4.69, 9.17) is 9.84 Å². The SMILES string of the molecule is Cc1csc(COc2cc(C(=O)O)ccc2C)n1. The molecule has 0 radical (unpaired) electrons. The molecule has 94 valence electrons. The summed E-state index contributed by atoms with van der Waals surface area (Å²) in [6.45, 7) is 4.17. The van der Waals surface area contributed by atoms with E-state index in [1.54, 1.807) is 12.1 Å². The van der Waals surface area contributed by atoms with Crippen molar-refractivity contribution < 1.29 is 14.6 Å². The van der Waals surface area contributed by atoms with Crippen molar-refractivity contribution in [1.29, 1.82) is 0 Å². The van der Waals surface area contributed by atoms with Crippen molar-refractivity contribution in [1.82, 2.24) is 4.98 Å². The molecule has 5 heteroatoms. The van der Waals surface area contributed by atoms with Crippen molar-refractivity contribution >= 4 is 17.3 Å². The molecule has 2 aromatic rings. The Balaban J connectivity index is 2.13. The molecule has 0 spiro atoms. The zero-order chi connectivity index (χ0) is 13.1. The first-order valence-corrected chi connectivity index (χ1v) is 6.32. The topological polar surface area (TPSA) is 59.4 Å². The lowest BCUT2D eigenvalue weighted by atomic mass is 10.1. The van der Waals surface area contributed by atoms with Crippen LogP contribution < -0.4 is 4.74 Å². The highest BCUT2D eigenvalue weighted by Crippen LogP contribution is 2.21. The highest BCUT2D eigenvalue weighted by atomic mass is 32.1. The van der Waals surface area contributed by atoms with Crippen LogP contribution in [0.5, 0.6) is 5.75 Å². The van der Waals surface area contributed by atoms with E-state index in [1.807, 2.05) is 19.2 Å². The molecule has 1 N–H and O–H groups in total. The van der Waals surface area contributed by atoms with Crippen LogP contribution in [-0.2, 0) is 6.61 Å². The van der Waals surface area contributed by atoms with E-state index in [9.17, 15) is 4.79 Å². The smallest absolute Gasteiger partial charge is 0.335 e. The molecule has 0 amide bonds. The number of thiazole rings is 1. The van der Waals surface area contributed by atoms with E-state index in [0.29, 0.717) is 12.4 Å². The third-order valence-corrected chi connectivity index (χ3v) is 3.39. The van der Waals surface area contributed by atoms with Crippen LogP contribution in [0.1, 0.15) is 26.6 Å². The van der Waals surface area contributed by atoms with Gasteiger partial charge in [0.2, 0.25) is 0 Å². The van der Waals surface area contributed by atoms with Crippen LogP contribution >= 0.6 is 11.3 Å². The van der Waals surface area contributed by atoms with Gasteiger partial charge in [-0.2, -0.15) is 0 Å².